The zero-order valence-corrected chi connectivity index (χ0v) is 17.5. The van der Waals surface area contributed by atoms with Crippen molar-refractivity contribution in [1.29, 1.82) is 0 Å². The first kappa shape index (κ1) is 19.0. The van der Waals surface area contributed by atoms with Crippen LogP contribution in [0.25, 0.3) is 11.0 Å². The Bertz CT molecular complexity index is 1160. The number of fused-ring (bicyclic) bond motifs is 1. The molecule has 0 atom stereocenters. The number of hydrogen-bond acceptors (Lipinski definition) is 6. The van der Waals surface area contributed by atoms with Gasteiger partial charge in [0.1, 0.15) is 11.4 Å². The summed E-state index contributed by atoms with van der Waals surface area (Å²) >= 11 is 8.51. The van der Waals surface area contributed by atoms with Gasteiger partial charge in [0.05, 0.1) is 4.21 Å². The molecule has 0 radical (unpaired) electrons. The van der Waals surface area contributed by atoms with Crippen LogP contribution in [0.2, 0.25) is 0 Å². The average Bonchev–Trinajstić information content (AvgIpc) is 3.42. The Balaban J connectivity index is 1.51. The van der Waals surface area contributed by atoms with Crippen LogP contribution in [-0.2, 0) is 19.2 Å². The number of thioether (sulfide) groups is 1. The molecule has 1 aromatic carbocycles. The molecule has 0 saturated heterocycles. The van der Waals surface area contributed by atoms with Gasteiger partial charge in [0.25, 0.3) is 5.91 Å². The van der Waals surface area contributed by atoms with Crippen molar-refractivity contribution in [3.8, 4) is 0 Å². The first-order valence-electron chi connectivity index (χ1n) is 8.68. The van der Waals surface area contributed by atoms with Gasteiger partial charge < -0.3 is 14.3 Å². The molecule has 28 heavy (non-hydrogen) atoms. The van der Waals surface area contributed by atoms with E-state index in [1.54, 1.807) is 27.7 Å². The van der Waals surface area contributed by atoms with Gasteiger partial charge in [-0.25, -0.2) is 0 Å². The van der Waals surface area contributed by atoms with Crippen LogP contribution in [0.15, 0.2) is 50.4 Å². The van der Waals surface area contributed by atoms with Crippen LogP contribution in [0, 0.1) is 4.77 Å². The molecule has 1 amide bonds. The third-order valence-corrected chi connectivity index (χ3v) is 6.89. The minimum absolute atomic E-state index is 0.213. The number of carbonyl (C=O) groups excluding carboxylic acids is 1. The summed E-state index contributed by atoms with van der Waals surface area (Å²) < 4.78 is 9.47. The first-order valence-corrected chi connectivity index (χ1v) is 11.0. The smallest absolute Gasteiger partial charge is 0.287 e. The number of thiophene rings is 1. The quantitative estimate of drug-likeness (QED) is 0.332. The Morgan fingerprint density at radius 1 is 1.36 bits per heavy atom. The molecule has 0 bridgehead atoms. The van der Waals surface area contributed by atoms with E-state index in [0.29, 0.717) is 29.2 Å². The lowest BCUT2D eigenvalue weighted by atomic mass is 10.1. The van der Waals surface area contributed by atoms with Crippen LogP contribution >= 0.6 is 35.3 Å². The predicted octanol–water partition coefficient (Wildman–Crippen LogP) is 4.55. The molecule has 0 unspecified atom stereocenters. The van der Waals surface area contributed by atoms with E-state index in [2.05, 4.69) is 21.6 Å². The number of benzene rings is 1. The summed E-state index contributed by atoms with van der Waals surface area (Å²) in [5, 5.41) is 12.9. The van der Waals surface area contributed by atoms with Crippen LogP contribution in [0.1, 0.15) is 21.9 Å². The lowest BCUT2D eigenvalue weighted by Gasteiger charge is -2.05. The number of furan rings is 1. The summed E-state index contributed by atoms with van der Waals surface area (Å²) in [6, 6.07) is 11.9. The van der Waals surface area contributed by atoms with Crippen LogP contribution in [-0.4, -0.2) is 27.2 Å². The van der Waals surface area contributed by atoms with Crippen molar-refractivity contribution in [2.45, 2.75) is 16.4 Å². The molecule has 4 aromatic rings. The third-order valence-electron chi connectivity index (χ3n) is 4.36. The van der Waals surface area contributed by atoms with Crippen molar-refractivity contribution in [3.63, 3.8) is 0 Å². The molecule has 0 aliphatic heterocycles. The number of aromatic amines is 1. The topological polar surface area (TPSA) is 75.8 Å². The van der Waals surface area contributed by atoms with Crippen molar-refractivity contribution < 1.29 is 9.21 Å². The van der Waals surface area contributed by atoms with Crippen LogP contribution < -0.4 is 5.32 Å². The molecular weight excluding hydrogens is 412 g/mol. The number of para-hydroxylation sites is 1. The highest BCUT2D eigenvalue weighted by Crippen LogP contribution is 2.33. The van der Waals surface area contributed by atoms with E-state index < -0.39 is 0 Å². The van der Waals surface area contributed by atoms with Crippen molar-refractivity contribution >= 4 is 52.2 Å². The Kier molecular flexibility index (Phi) is 5.65. The number of rotatable bonds is 7. The normalized spacial score (nSPS) is 11.2. The Labute approximate surface area is 175 Å². The number of nitrogens with zero attached hydrogens (tertiary/aromatic N) is 2. The summed E-state index contributed by atoms with van der Waals surface area (Å²) in [5.74, 6) is 1.63. The van der Waals surface area contributed by atoms with Crippen molar-refractivity contribution in [1.82, 2.24) is 20.1 Å². The van der Waals surface area contributed by atoms with Gasteiger partial charge in [-0.3, -0.25) is 9.89 Å². The maximum Gasteiger partial charge on any atom is 0.287 e. The van der Waals surface area contributed by atoms with E-state index in [0.717, 1.165) is 22.4 Å². The van der Waals surface area contributed by atoms with Gasteiger partial charge in [-0.05, 0) is 29.7 Å². The fourth-order valence-electron chi connectivity index (χ4n) is 2.89. The molecule has 4 rings (SSSR count). The maximum atomic E-state index is 12.8. The number of hydrogen-bond donors (Lipinski definition) is 2. The Hall–Kier alpha value is -2.36. The van der Waals surface area contributed by atoms with Crippen molar-refractivity contribution in [3.05, 3.63) is 63.7 Å². The summed E-state index contributed by atoms with van der Waals surface area (Å²) in [6.45, 7) is 0.445. The van der Waals surface area contributed by atoms with Gasteiger partial charge in [0.2, 0.25) is 0 Å². The number of nitrogens with one attached hydrogen (secondary N) is 2. The molecule has 144 valence electrons. The Morgan fingerprint density at radius 3 is 2.96 bits per heavy atom. The van der Waals surface area contributed by atoms with Gasteiger partial charge in [-0.2, -0.15) is 5.10 Å². The SMILES string of the molecule is Cn1c(CCNC(=O)c2oc3ccccc3c2CSc2cccs2)n[nH]c1=S. The predicted molar refractivity (Wildman–Crippen MR) is 115 cm³/mol. The van der Waals surface area contributed by atoms with Crippen molar-refractivity contribution in [2.24, 2.45) is 7.05 Å². The number of amides is 1. The van der Waals surface area contributed by atoms with Gasteiger partial charge in [-0.15, -0.1) is 23.1 Å². The van der Waals surface area contributed by atoms with E-state index in [1.165, 1.54) is 4.21 Å². The molecule has 9 heteroatoms. The third kappa shape index (κ3) is 3.91. The lowest BCUT2D eigenvalue weighted by molar-refractivity contribution is 0.0927. The summed E-state index contributed by atoms with van der Waals surface area (Å²) in [5.41, 5.74) is 1.65. The van der Waals surface area contributed by atoms with E-state index in [4.69, 9.17) is 16.6 Å². The van der Waals surface area contributed by atoms with E-state index in [9.17, 15) is 4.79 Å². The molecule has 3 heterocycles. The van der Waals surface area contributed by atoms with Crippen LogP contribution in [0.5, 0.6) is 0 Å². The van der Waals surface area contributed by atoms with Gasteiger partial charge in [0.15, 0.2) is 10.5 Å². The maximum absolute atomic E-state index is 12.8. The molecule has 0 fully saturated rings. The Morgan fingerprint density at radius 2 is 2.21 bits per heavy atom. The molecule has 0 aliphatic carbocycles. The van der Waals surface area contributed by atoms with Crippen LogP contribution in [0.4, 0.5) is 0 Å². The van der Waals surface area contributed by atoms with Crippen LogP contribution in [0.3, 0.4) is 0 Å². The zero-order valence-electron chi connectivity index (χ0n) is 15.1. The highest BCUT2D eigenvalue weighted by atomic mass is 32.2. The molecule has 0 saturated carbocycles. The second-order valence-corrected chi connectivity index (χ2v) is 8.75. The second kappa shape index (κ2) is 8.34. The molecular formula is C19H18N4O2S3. The number of H-pyrrole nitrogens is 1. The second-order valence-electron chi connectivity index (χ2n) is 6.14. The number of aromatic nitrogens is 3. The summed E-state index contributed by atoms with van der Waals surface area (Å²) in [4.78, 5) is 12.8. The van der Waals surface area contributed by atoms with Gasteiger partial charge in [-0.1, -0.05) is 24.3 Å². The fourth-order valence-corrected chi connectivity index (χ4v) is 4.85. The lowest BCUT2D eigenvalue weighted by Crippen LogP contribution is -2.26. The molecule has 0 aliphatic rings. The monoisotopic (exact) mass is 430 g/mol. The van der Waals surface area contributed by atoms with Crippen molar-refractivity contribution in [2.75, 3.05) is 6.54 Å². The molecule has 2 N–H and O–H groups in total. The highest BCUT2D eigenvalue weighted by molar-refractivity contribution is 8.00. The zero-order chi connectivity index (χ0) is 19.5. The van der Waals surface area contributed by atoms with E-state index >= 15 is 0 Å². The summed E-state index contributed by atoms with van der Waals surface area (Å²) in [6.07, 6.45) is 0.578. The van der Waals surface area contributed by atoms with E-state index in [-0.39, 0.29) is 5.91 Å². The largest absolute Gasteiger partial charge is 0.451 e. The highest BCUT2D eigenvalue weighted by Gasteiger charge is 2.20. The standard InChI is InChI=1S/C19H18N4O2S3/c1-23-15(21-22-19(23)26)8-9-20-18(24)17-13(11-28-16-7-4-10-27-16)12-5-2-3-6-14(12)25-17/h2-7,10H,8-9,11H2,1H3,(H,20,24)(H,22,26). The molecule has 6 nitrogen and oxygen atoms in total. The fraction of sp³-hybridized carbons (Fsp3) is 0.211. The van der Waals surface area contributed by atoms with Gasteiger partial charge >= 0.3 is 0 Å². The molecule has 3 aromatic heterocycles. The minimum atomic E-state index is -0.213. The summed E-state index contributed by atoms with van der Waals surface area (Å²) in [7, 11) is 1.85. The molecule has 0 spiro atoms. The van der Waals surface area contributed by atoms with Gasteiger partial charge in [0, 0.05) is 36.7 Å². The average molecular weight is 431 g/mol. The minimum Gasteiger partial charge on any atom is -0.451 e. The van der Waals surface area contributed by atoms with E-state index in [1.807, 2.05) is 42.8 Å². The number of carbonyl (C=O) groups is 1. The first-order chi connectivity index (χ1) is 13.6.